The van der Waals surface area contributed by atoms with Crippen LogP contribution in [0.15, 0.2) is 6.33 Å². The van der Waals surface area contributed by atoms with E-state index in [9.17, 15) is 0 Å². The lowest BCUT2D eigenvalue weighted by Gasteiger charge is -2.05. The largest absolute Gasteiger partial charge is 0.321 e. The van der Waals surface area contributed by atoms with Crippen molar-refractivity contribution in [2.75, 3.05) is 0 Å². The molecule has 0 aliphatic carbocycles. The van der Waals surface area contributed by atoms with Gasteiger partial charge in [-0.1, -0.05) is 6.92 Å². The van der Waals surface area contributed by atoms with E-state index in [0.717, 1.165) is 12.2 Å². The van der Waals surface area contributed by atoms with Crippen LogP contribution in [-0.4, -0.2) is 14.8 Å². The summed E-state index contributed by atoms with van der Waals surface area (Å²) in [4.78, 5) is 4.01. The van der Waals surface area contributed by atoms with Crippen LogP contribution in [0.5, 0.6) is 0 Å². The van der Waals surface area contributed by atoms with Gasteiger partial charge in [-0.15, -0.1) is 0 Å². The smallest absolute Gasteiger partial charge is 0.143 e. The minimum atomic E-state index is 0.0208. The van der Waals surface area contributed by atoms with E-state index >= 15 is 0 Å². The highest BCUT2D eigenvalue weighted by Gasteiger charge is 2.07. The Morgan fingerprint density at radius 3 is 2.90 bits per heavy atom. The Bertz CT molecular complexity index is 205. The summed E-state index contributed by atoms with van der Waals surface area (Å²) in [6.07, 6.45) is 2.41. The molecule has 10 heavy (non-hydrogen) atoms. The molecular formula is C6H12N4. The third-order valence-corrected chi connectivity index (χ3v) is 1.52. The zero-order valence-corrected chi connectivity index (χ0v) is 6.28. The standard InChI is InChI=1S/C6H12N4/c1-3-5(7)6-8-4-9-10(6)2/h4-5H,3,7H2,1-2H3/t5-/m1/s1. The van der Waals surface area contributed by atoms with Gasteiger partial charge in [-0.3, -0.25) is 4.68 Å². The first-order chi connectivity index (χ1) is 4.75. The molecule has 1 aromatic rings. The van der Waals surface area contributed by atoms with Gasteiger partial charge in [0.15, 0.2) is 0 Å². The fourth-order valence-corrected chi connectivity index (χ4v) is 0.823. The van der Waals surface area contributed by atoms with Crippen LogP contribution in [0.2, 0.25) is 0 Å². The molecular weight excluding hydrogens is 128 g/mol. The molecule has 0 spiro atoms. The first kappa shape index (κ1) is 7.21. The maximum absolute atomic E-state index is 5.72. The summed E-state index contributed by atoms with van der Waals surface area (Å²) >= 11 is 0. The lowest BCUT2D eigenvalue weighted by Crippen LogP contribution is -2.14. The Balaban J connectivity index is 2.82. The Morgan fingerprint density at radius 2 is 2.50 bits per heavy atom. The van der Waals surface area contributed by atoms with Gasteiger partial charge in [0.05, 0.1) is 6.04 Å². The number of hydrogen-bond donors (Lipinski definition) is 1. The zero-order valence-electron chi connectivity index (χ0n) is 6.28. The monoisotopic (exact) mass is 140 g/mol. The molecule has 0 aliphatic heterocycles. The Labute approximate surface area is 60.1 Å². The molecule has 4 heteroatoms. The predicted octanol–water partition coefficient (Wildman–Crippen LogP) is 0.225. The van der Waals surface area contributed by atoms with Crippen molar-refractivity contribution in [2.45, 2.75) is 19.4 Å². The second-order valence-electron chi connectivity index (χ2n) is 2.26. The van der Waals surface area contributed by atoms with Crippen molar-refractivity contribution in [3.8, 4) is 0 Å². The summed E-state index contributed by atoms with van der Waals surface area (Å²) in [6, 6.07) is 0.0208. The van der Waals surface area contributed by atoms with E-state index in [1.54, 1.807) is 4.68 Å². The molecule has 0 unspecified atom stereocenters. The van der Waals surface area contributed by atoms with Crippen molar-refractivity contribution in [2.24, 2.45) is 12.8 Å². The van der Waals surface area contributed by atoms with Gasteiger partial charge in [-0.25, -0.2) is 4.98 Å². The minimum Gasteiger partial charge on any atom is -0.321 e. The van der Waals surface area contributed by atoms with Crippen LogP contribution in [0.25, 0.3) is 0 Å². The number of hydrogen-bond acceptors (Lipinski definition) is 3. The third-order valence-electron chi connectivity index (χ3n) is 1.52. The molecule has 0 saturated carbocycles. The highest BCUT2D eigenvalue weighted by atomic mass is 15.3. The second kappa shape index (κ2) is 2.79. The lowest BCUT2D eigenvalue weighted by molar-refractivity contribution is 0.590. The Morgan fingerprint density at radius 1 is 1.80 bits per heavy atom. The van der Waals surface area contributed by atoms with Crippen molar-refractivity contribution < 1.29 is 0 Å². The highest BCUT2D eigenvalue weighted by molar-refractivity contribution is 4.90. The molecule has 56 valence electrons. The summed E-state index contributed by atoms with van der Waals surface area (Å²) in [5, 5.41) is 3.91. The van der Waals surface area contributed by atoms with Crippen LogP contribution in [0.3, 0.4) is 0 Å². The molecule has 0 amide bonds. The van der Waals surface area contributed by atoms with Crippen molar-refractivity contribution >= 4 is 0 Å². The topological polar surface area (TPSA) is 56.7 Å². The van der Waals surface area contributed by atoms with Gasteiger partial charge in [0.2, 0.25) is 0 Å². The molecule has 1 atom stereocenters. The van der Waals surface area contributed by atoms with Crippen molar-refractivity contribution in [3.63, 3.8) is 0 Å². The van der Waals surface area contributed by atoms with Crippen LogP contribution in [0, 0.1) is 0 Å². The SMILES string of the molecule is CC[C@@H](N)c1ncnn1C. The molecule has 0 radical (unpaired) electrons. The van der Waals surface area contributed by atoms with Crippen LogP contribution in [0.4, 0.5) is 0 Å². The van der Waals surface area contributed by atoms with Crippen LogP contribution in [-0.2, 0) is 7.05 Å². The zero-order chi connectivity index (χ0) is 7.56. The van der Waals surface area contributed by atoms with E-state index in [2.05, 4.69) is 10.1 Å². The molecule has 2 N–H and O–H groups in total. The van der Waals surface area contributed by atoms with E-state index in [4.69, 9.17) is 5.73 Å². The molecule has 1 aromatic heterocycles. The van der Waals surface area contributed by atoms with Gasteiger partial charge in [-0.05, 0) is 6.42 Å². The van der Waals surface area contributed by atoms with E-state index < -0.39 is 0 Å². The van der Waals surface area contributed by atoms with Crippen LogP contribution < -0.4 is 5.73 Å². The number of nitrogens with two attached hydrogens (primary N) is 1. The summed E-state index contributed by atoms with van der Waals surface area (Å²) < 4.78 is 1.70. The van der Waals surface area contributed by atoms with Crippen LogP contribution >= 0.6 is 0 Å². The first-order valence-electron chi connectivity index (χ1n) is 3.35. The number of aryl methyl sites for hydroxylation is 1. The number of rotatable bonds is 2. The maximum atomic E-state index is 5.72. The van der Waals surface area contributed by atoms with E-state index in [0.29, 0.717) is 0 Å². The Kier molecular flexibility index (Phi) is 2.01. The lowest BCUT2D eigenvalue weighted by atomic mass is 10.2. The fourth-order valence-electron chi connectivity index (χ4n) is 0.823. The van der Waals surface area contributed by atoms with Gasteiger partial charge in [0.1, 0.15) is 12.2 Å². The predicted molar refractivity (Wildman–Crippen MR) is 38.2 cm³/mol. The molecule has 0 fully saturated rings. The fraction of sp³-hybridized carbons (Fsp3) is 0.667. The average molecular weight is 140 g/mol. The summed E-state index contributed by atoms with van der Waals surface area (Å²) in [5.41, 5.74) is 5.72. The van der Waals surface area contributed by atoms with Gasteiger partial charge in [0, 0.05) is 7.05 Å². The molecule has 0 aromatic carbocycles. The molecule has 0 bridgehead atoms. The first-order valence-corrected chi connectivity index (χ1v) is 3.35. The van der Waals surface area contributed by atoms with Gasteiger partial charge in [-0.2, -0.15) is 5.10 Å². The summed E-state index contributed by atoms with van der Waals surface area (Å²) in [5.74, 6) is 0.850. The summed E-state index contributed by atoms with van der Waals surface area (Å²) in [7, 11) is 1.85. The molecule has 1 rings (SSSR count). The number of aromatic nitrogens is 3. The van der Waals surface area contributed by atoms with E-state index in [-0.39, 0.29) is 6.04 Å². The van der Waals surface area contributed by atoms with Crippen molar-refractivity contribution in [1.82, 2.24) is 14.8 Å². The molecule has 0 aliphatic rings. The van der Waals surface area contributed by atoms with Crippen LogP contribution in [0.1, 0.15) is 25.2 Å². The third kappa shape index (κ3) is 1.16. The molecule has 1 heterocycles. The number of nitrogens with zero attached hydrogens (tertiary/aromatic N) is 3. The van der Waals surface area contributed by atoms with Gasteiger partial charge < -0.3 is 5.73 Å². The normalized spacial score (nSPS) is 13.5. The summed E-state index contributed by atoms with van der Waals surface area (Å²) in [6.45, 7) is 2.03. The minimum absolute atomic E-state index is 0.0208. The quantitative estimate of drug-likeness (QED) is 0.639. The van der Waals surface area contributed by atoms with Gasteiger partial charge >= 0.3 is 0 Å². The second-order valence-corrected chi connectivity index (χ2v) is 2.26. The Hall–Kier alpha value is -0.900. The highest BCUT2D eigenvalue weighted by Crippen LogP contribution is 2.07. The van der Waals surface area contributed by atoms with Crippen molar-refractivity contribution in [3.05, 3.63) is 12.2 Å². The van der Waals surface area contributed by atoms with Gasteiger partial charge in [0.25, 0.3) is 0 Å². The van der Waals surface area contributed by atoms with Crippen molar-refractivity contribution in [1.29, 1.82) is 0 Å². The molecule has 4 nitrogen and oxygen atoms in total. The average Bonchev–Trinajstić information content (AvgIpc) is 2.34. The van der Waals surface area contributed by atoms with E-state index in [1.807, 2.05) is 14.0 Å². The van der Waals surface area contributed by atoms with E-state index in [1.165, 1.54) is 6.33 Å². The maximum Gasteiger partial charge on any atom is 0.143 e. The molecule has 0 saturated heterocycles.